The highest BCUT2D eigenvalue weighted by molar-refractivity contribution is 5.88. The fourth-order valence-electron chi connectivity index (χ4n) is 12.9. The van der Waals surface area contributed by atoms with Crippen molar-refractivity contribution in [3.05, 3.63) is 66.0 Å². The minimum Gasteiger partial charge on any atom is -0.513 e. The molecule has 1 aromatic rings. The number of aromatic carboxylic acids is 1. The fraction of sp³-hybridized carbons (Fsp3) is 0.659. The molecule has 4 saturated carbocycles. The van der Waals surface area contributed by atoms with Crippen LogP contribution >= 0.6 is 0 Å². The van der Waals surface area contributed by atoms with E-state index in [0.717, 1.165) is 37.7 Å². The summed E-state index contributed by atoms with van der Waals surface area (Å²) in [4.78, 5) is 25.6. The zero-order chi connectivity index (χ0) is 33.4. The summed E-state index contributed by atoms with van der Waals surface area (Å²) in [5, 5.41) is 22.3. The van der Waals surface area contributed by atoms with E-state index in [1.165, 1.54) is 36.8 Å². The number of amides is 1. The van der Waals surface area contributed by atoms with Gasteiger partial charge in [0.15, 0.2) is 0 Å². The number of hydrogen-bond donors (Lipinski definition) is 3. The van der Waals surface area contributed by atoms with Crippen LogP contribution in [0.5, 0.6) is 0 Å². The SMILES string of the molecule is C=C(O)CCNC(=O)[C@]12CC[C@@H](C(=C)C)[C@@H]1[C@H]1CC[C@@H]3[C@@]4(C)CC=C(c5ccc(C(=O)O)cc5)C(C)(C)[C@@H]4CC[C@@]3(C)[C@]1(C)CC2. The quantitative estimate of drug-likeness (QED) is 0.208. The Morgan fingerprint density at radius 1 is 0.870 bits per heavy atom. The third-order valence-electron chi connectivity index (χ3n) is 15.2. The van der Waals surface area contributed by atoms with Crippen LogP contribution in [0.3, 0.4) is 0 Å². The number of carbonyl (C=O) groups is 2. The number of benzene rings is 1. The molecule has 0 heterocycles. The Hall–Kier alpha value is -2.82. The van der Waals surface area contributed by atoms with Crippen LogP contribution in [0.4, 0.5) is 0 Å². The molecule has 9 atom stereocenters. The second-order valence-electron chi connectivity index (χ2n) is 17.3. The van der Waals surface area contributed by atoms with Gasteiger partial charge in [0, 0.05) is 13.0 Å². The van der Waals surface area contributed by atoms with Gasteiger partial charge in [-0.05, 0) is 139 Å². The van der Waals surface area contributed by atoms with E-state index in [4.69, 9.17) is 0 Å². The number of aliphatic hydroxyl groups excluding tert-OH is 1. The summed E-state index contributed by atoms with van der Waals surface area (Å²) >= 11 is 0. The van der Waals surface area contributed by atoms with Crippen LogP contribution in [0.1, 0.15) is 122 Å². The van der Waals surface area contributed by atoms with Gasteiger partial charge < -0.3 is 15.5 Å². The predicted octanol–water partition coefficient (Wildman–Crippen LogP) is 9.61. The van der Waals surface area contributed by atoms with Crippen molar-refractivity contribution < 1.29 is 19.8 Å². The Morgan fingerprint density at radius 2 is 1.57 bits per heavy atom. The summed E-state index contributed by atoms with van der Waals surface area (Å²) in [5.74, 6) is 1.75. The molecule has 6 rings (SSSR count). The number of hydrogen-bond acceptors (Lipinski definition) is 3. The van der Waals surface area contributed by atoms with Gasteiger partial charge in [0.25, 0.3) is 0 Å². The predicted molar refractivity (Wildman–Crippen MR) is 185 cm³/mol. The van der Waals surface area contributed by atoms with E-state index in [0.29, 0.717) is 48.1 Å². The number of rotatable bonds is 7. The molecule has 0 unspecified atom stereocenters. The van der Waals surface area contributed by atoms with Crippen LogP contribution in [0.25, 0.3) is 5.57 Å². The molecule has 5 aliphatic carbocycles. The van der Waals surface area contributed by atoms with Crippen LogP contribution in [0, 0.1) is 56.7 Å². The molecule has 0 aromatic heterocycles. The lowest BCUT2D eigenvalue weighted by molar-refractivity contribution is -0.225. The second kappa shape index (κ2) is 11.1. The van der Waals surface area contributed by atoms with E-state index in [9.17, 15) is 19.8 Å². The minimum atomic E-state index is -0.882. The van der Waals surface area contributed by atoms with E-state index >= 15 is 0 Å². The molecule has 0 spiro atoms. The highest BCUT2D eigenvalue weighted by Gasteiger charge is 2.71. The van der Waals surface area contributed by atoms with E-state index in [1.54, 1.807) is 12.1 Å². The van der Waals surface area contributed by atoms with Crippen LogP contribution < -0.4 is 5.32 Å². The first kappa shape index (κ1) is 33.1. The third-order valence-corrected chi connectivity index (χ3v) is 15.2. The molecule has 0 radical (unpaired) electrons. The van der Waals surface area contributed by atoms with Crippen molar-refractivity contribution in [3.63, 3.8) is 0 Å². The highest BCUT2D eigenvalue weighted by Crippen LogP contribution is 2.77. The van der Waals surface area contributed by atoms with E-state index in [2.05, 4.69) is 66.1 Å². The maximum Gasteiger partial charge on any atom is 0.335 e. The molecule has 0 aliphatic heterocycles. The Bertz CT molecular complexity index is 1470. The van der Waals surface area contributed by atoms with Gasteiger partial charge in [0.1, 0.15) is 0 Å². The smallest absolute Gasteiger partial charge is 0.335 e. The molecule has 0 bridgehead atoms. The maximum atomic E-state index is 14.1. The Balaban J connectivity index is 1.33. The van der Waals surface area contributed by atoms with Gasteiger partial charge in [-0.15, -0.1) is 0 Å². The first-order chi connectivity index (χ1) is 21.5. The molecule has 5 aliphatic rings. The average Bonchev–Trinajstić information content (AvgIpc) is 3.38. The van der Waals surface area contributed by atoms with E-state index in [-0.39, 0.29) is 38.7 Å². The largest absolute Gasteiger partial charge is 0.513 e. The number of aliphatic hydroxyl groups is 1. The first-order valence-electron chi connectivity index (χ1n) is 17.9. The number of carboxylic acid groups (broad SMARTS) is 1. The number of fused-ring (bicyclic) bond motifs is 7. The van der Waals surface area contributed by atoms with Gasteiger partial charge in [-0.1, -0.05) is 71.6 Å². The van der Waals surface area contributed by atoms with Crippen LogP contribution in [0.2, 0.25) is 0 Å². The molecule has 3 N–H and O–H groups in total. The first-order valence-corrected chi connectivity index (χ1v) is 17.9. The molecular weight excluding hydrogens is 570 g/mol. The van der Waals surface area contributed by atoms with Gasteiger partial charge in [0.2, 0.25) is 5.91 Å². The van der Waals surface area contributed by atoms with Crippen molar-refractivity contribution in [2.24, 2.45) is 56.7 Å². The zero-order valence-corrected chi connectivity index (χ0v) is 29.2. The monoisotopic (exact) mass is 627 g/mol. The molecule has 5 heteroatoms. The van der Waals surface area contributed by atoms with Crippen molar-refractivity contribution in [3.8, 4) is 0 Å². The lowest BCUT2D eigenvalue weighted by Crippen LogP contribution is -2.66. The molecule has 250 valence electrons. The summed E-state index contributed by atoms with van der Waals surface area (Å²) in [6, 6.07) is 7.50. The topological polar surface area (TPSA) is 86.6 Å². The average molecular weight is 628 g/mol. The lowest BCUT2D eigenvalue weighted by atomic mass is 9.32. The Labute approximate surface area is 277 Å². The lowest BCUT2D eigenvalue weighted by Gasteiger charge is -2.72. The number of nitrogens with one attached hydrogen (secondary N) is 1. The highest BCUT2D eigenvalue weighted by atomic mass is 16.4. The van der Waals surface area contributed by atoms with Gasteiger partial charge in [-0.25, -0.2) is 4.79 Å². The minimum absolute atomic E-state index is 0.0208. The molecule has 46 heavy (non-hydrogen) atoms. The number of allylic oxidation sites excluding steroid dienone is 3. The summed E-state index contributed by atoms with van der Waals surface area (Å²) < 4.78 is 0. The van der Waals surface area contributed by atoms with Crippen LogP contribution in [-0.4, -0.2) is 28.6 Å². The summed E-state index contributed by atoms with van der Waals surface area (Å²) in [5.41, 5.74) is 4.23. The summed E-state index contributed by atoms with van der Waals surface area (Å²) in [6.07, 6.45) is 12.7. The van der Waals surface area contributed by atoms with Crippen LogP contribution in [-0.2, 0) is 4.79 Å². The van der Waals surface area contributed by atoms with Gasteiger partial charge in [0.05, 0.1) is 16.7 Å². The molecule has 4 fully saturated rings. The van der Waals surface area contributed by atoms with Gasteiger partial charge >= 0.3 is 5.97 Å². The molecule has 1 aromatic carbocycles. The number of carbonyl (C=O) groups excluding carboxylic acids is 1. The van der Waals surface area contributed by atoms with E-state index in [1.807, 2.05) is 12.1 Å². The van der Waals surface area contributed by atoms with Crippen molar-refractivity contribution in [2.75, 3.05) is 6.54 Å². The van der Waals surface area contributed by atoms with Gasteiger partial charge in [-0.2, -0.15) is 0 Å². The Morgan fingerprint density at radius 3 is 2.20 bits per heavy atom. The fourth-order valence-corrected chi connectivity index (χ4v) is 12.9. The second-order valence-corrected chi connectivity index (χ2v) is 17.3. The molecule has 5 nitrogen and oxygen atoms in total. The normalized spacial score (nSPS) is 40.7. The zero-order valence-electron chi connectivity index (χ0n) is 29.2. The molecule has 1 amide bonds. The molecular formula is C41H57NO4. The maximum absolute atomic E-state index is 14.1. The van der Waals surface area contributed by atoms with Crippen molar-refractivity contribution in [1.82, 2.24) is 5.32 Å². The van der Waals surface area contributed by atoms with Crippen molar-refractivity contribution in [2.45, 2.75) is 106 Å². The number of carboxylic acids is 1. The van der Waals surface area contributed by atoms with E-state index < -0.39 is 5.97 Å². The third kappa shape index (κ3) is 4.60. The van der Waals surface area contributed by atoms with Crippen molar-refractivity contribution in [1.29, 1.82) is 0 Å². The summed E-state index contributed by atoms with van der Waals surface area (Å²) in [7, 11) is 0. The Kier molecular flexibility index (Phi) is 8.00. The van der Waals surface area contributed by atoms with Crippen molar-refractivity contribution >= 4 is 17.4 Å². The standard InChI is InChI=1S/C41H57NO4/c1-25(2)29-15-21-41(36(46)42-24-18-26(3)43)23-22-39(7)31(34(29)41)13-14-33-38(6)19-16-30(27-9-11-28(12-10-27)35(44)45)37(4,5)32(38)17-20-40(33,39)8/h9-12,16,29,31-34,43H,1,3,13-15,17-24H2,2,4-8H3,(H,42,46)(H,44,45)/t29-,31+,32-,33+,34+,38-,39+,40+,41-/m0/s1. The molecule has 0 saturated heterocycles. The summed E-state index contributed by atoms with van der Waals surface area (Å²) in [6.45, 7) is 23.4. The van der Waals surface area contributed by atoms with Gasteiger partial charge in [-0.3, -0.25) is 4.79 Å². The van der Waals surface area contributed by atoms with Crippen LogP contribution in [0.15, 0.2) is 54.8 Å².